The number of benzene rings is 2. The molecule has 36 heavy (non-hydrogen) atoms. The highest BCUT2D eigenvalue weighted by Gasteiger charge is 2.74. The van der Waals surface area contributed by atoms with E-state index in [1.165, 1.54) is 11.0 Å². The van der Waals surface area contributed by atoms with E-state index in [1.807, 2.05) is 42.5 Å². The third kappa shape index (κ3) is 3.74. The van der Waals surface area contributed by atoms with Crippen molar-refractivity contribution in [2.75, 3.05) is 31.2 Å². The molecule has 2 unspecified atom stereocenters. The van der Waals surface area contributed by atoms with Crippen LogP contribution >= 0.6 is 11.8 Å². The molecule has 3 aliphatic rings. The second kappa shape index (κ2) is 9.75. The van der Waals surface area contributed by atoms with Crippen LogP contribution in [0.1, 0.15) is 12.8 Å². The van der Waals surface area contributed by atoms with E-state index in [-0.39, 0.29) is 43.4 Å². The van der Waals surface area contributed by atoms with E-state index in [4.69, 9.17) is 4.74 Å². The third-order valence-corrected chi connectivity index (χ3v) is 9.56. The fourth-order valence-corrected chi connectivity index (χ4v) is 8.43. The standard InChI is InChI=1S/C28H30N2O5S/c1-3-13-29(20-10-9-18-7-5-6-8-19(18)17-20)26(33)24-28-12-11-21(36-28)22(27(34)35-16-4-2)23(28)25(32)30(24)14-15-31/h3-10,17,21-24,31H,1-2,11-16H2/t21-,22+,23-,24?,28?/m0/s1. The molecule has 3 aliphatic heterocycles. The summed E-state index contributed by atoms with van der Waals surface area (Å²) < 4.78 is 4.64. The van der Waals surface area contributed by atoms with Crippen LogP contribution in [0.4, 0.5) is 5.69 Å². The maximum Gasteiger partial charge on any atom is 0.311 e. The zero-order chi connectivity index (χ0) is 25.4. The van der Waals surface area contributed by atoms with Crippen LogP contribution in [0.2, 0.25) is 0 Å². The van der Waals surface area contributed by atoms with Crippen LogP contribution in [-0.2, 0) is 19.1 Å². The van der Waals surface area contributed by atoms with E-state index in [0.29, 0.717) is 12.1 Å². The Hall–Kier alpha value is -3.10. The largest absolute Gasteiger partial charge is 0.461 e. The summed E-state index contributed by atoms with van der Waals surface area (Å²) in [4.78, 5) is 44.2. The van der Waals surface area contributed by atoms with Gasteiger partial charge in [0.15, 0.2) is 0 Å². The molecule has 188 valence electrons. The van der Waals surface area contributed by atoms with E-state index in [0.717, 1.165) is 17.2 Å². The second-order valence-corrected chi connectivity index (χ2v) is 11.1. The van der Waals surface area contributed by atoms with E-state index in [9.17, 15) is 19.5 Å². The average molecular weight is 507 g/mol. The first-order valence-corrected chi connectivity index (χ1v) is 13.1. The normalized spacial score (nSPS) is 28.2. The molecule has 5 atom stereocenters. The van der Waals surface area contributed by atoms with Gasteiger partial charge in [0.05, 0.1) is 23.2 Å². The Morgan fingerprint density at radius 1 is 1.19 bits per heavy atom. The van der Waals surface area contributed by atoms with Crippen LogP contribution in [0.5, 0.6) is 0 Å². The molecule has 5 rings (SSSR count). The highest BCUT2D eigenvalue weighted by atomic mass is 32.2. The van der Waals surface area contributed by atoms with Crippen LogP contribution in [0, 0.1) is 11.8 Å². The first kappa shape index (κ1) is 24.6. The molecule has 0 radical (unpaired) electrons. The molecule has 0 saturated carbocycles. The SMILES string of the molecule is C=CCOC(=O)[C@@H]1[C@@H]2CCC3(S2)C(C(=O)N(CC=C)c2ccc4ccccc4c2)N(CCO)C(=O)[C@H]13. The quantitative estimate of drug-likeness (QED) is 0.415. The van der Waals surface area contributed by atoms with Crippen molar-refractivity contribution in [3.05, 3.63) is 67.8 Å². The number of hydrogen-bond acceptors (Lipinski definition) is 6. The summed E-state index contributed by atoms with van der Waals surface area (Å²) in [6.45, 7) is 7.57. The fourth-order valence-electron chi connectivity index (χ4n) is 6.23. The van der Waals surface area contributed by atoms with E-state index >= 15 is 0 Å². The van der Waals surface area contributed by atoms with Gasteiger partial charge in [-0.05, 0) is 35.7 Å². The summed E-state index contributed by atoms with van der Waals surface area (Å²) in [6, 6.07) is 13.0. The predicted molar refractivity (Wildman–Crippen MR) is 141 cm³/mol. The summed E-state index contributed by atoms with van der Waals surface area (Å²) in [7, 11) is 0. The summed E-state index contributed by atoms with van der Waals surface area (Å²) in [5.74, 6) is -2.15. The van der Waals surface area contributed by atoms with Gasteiger partial charge in [-0.25, -0.2) is 0 Å². The van der Waals surface area contributed by atoms with Crippen molar-refractivity contribution in [1.29, 1.82) is 0 Å². The highest BCUT2D eigenvalue weighted by molar-refractivity contribution is 8.02. The number of anilines is 1. The van der Waals surface area contributed by atoms with E-state index < -0.39 is 28.6 Å². The molecule has 2 amide bonds. The number of β-amino-alcohol motifs (C(OH)–C–C–N with tert-alkyl or cyclic N) is 1. The maximum absolute atomic E-state index is 14.3. The predicted octanol–water partition coefficient (Wildman–Crippen LogP) is 3.17. The molecule has 2 aromatic rings. The van der Waals surface area contributed by atoms with Gasteiger partial charge >= 0.3 is 5.97 Å². The van der Waals surface area contributed by atoms with Gasteiger partial charge in [-0.15, -0.1) is 18.3 Å². The molecule has 1 N–H and O–H groups in total. The average Bonchev–Trinajstić information content (AvgIpc) is 3.53. The van der Waals surface area contributed by atoms with Crippen LogP contribution in [-0.4, -0.2) is 70.1 Å². The van der Waals surface area contributed by atoms with Crippen LogP contribution in [0.3, 0.4) is 0 Å². The number of esters is 1. The van der Waals surface area contributed by atoms with Crippen molar-refractivity contribution in [3.63, 3.8) is 0 Å². The van der Waals surface area contributed by atoms with Crippen molar-refractivity contribution in [3.8, 4) is 0 Å². The summed E-state index contributed by atoms with van der Waals surface area (Å²) >= 11 is 1.58. The van der Waals surface area contributed by atoms with Gasteiger partial charge in [-0.1, -0.05) is 49.1 Å². The lowest BCUT2D eigenvalue weighted by Gasteiger charge is -2.37. The zero-order valence-corrected chi connectivity index (χ0v) is 20.9. The first-order chi connectivity index (χ1) is 17.5. The van der Waals surface area contributed by atoms with E-state index in [2.05, 4.69) is 13.2 Å². The number of rotatable bonds is 9. The van der Waals surface area contributed by atoms with Crippen LogP contribution in [0.15, 0.2) is 67.8 Å². The van der Waals surface area contributed by atoms with Gasteiger partial charge in [0.1, 0.15) is 12.6 Å². The lowest BCUT2D eigenvalue weighted by atomic mass is 9.71. The van der Waals surface area contributed by atoms with Crippen LogP contribution in [0.25, 0.3) is 10.8 Å². The van der Waals surface area contributed by atoms with Crippen molar-refractivity contribution in [2.24, 2.45) is 11.8 Å². The second-order valence-electron chi connectivity index (χ2n) is 9.50. The molecule has 3 heterocycles. The number of amides is 2. The number of thioether (sulfide) groups is 1. The molecule has 0 aliphatic carbocycles. The minimum atomic E-state index is -0.791. The number of likely N-dealkylation sites (tertiary alicyclic amines) is 1. The number of aliphatic hydroxyl groups is 1. The number of nitrogens with zero attached hydrogens (tertiary/aromatic N) is 2. The summed E-state index contributed by atoms with van der Waals surface area (Å²) in [6.07, 6.45) is 4.56. The molecule has 7 nitrogen and oxygen atoms in total. The monoisotopic (exact) mass is 506 g/mol. The Labute approximate surface area is 214 Å². The molecule has 3 saturated heterocycles. The van der Waals surface area contributed by atoms with Crippen LogP contribution < -0.4 is 4.90 Å². The Morgan fingerprint density at radius 2 is 1.97 bits per heavy atom. The minimum Gasteiger partial charge on any atom is -0.461 e. The van der Waals surface area contributed by atoms with E-state index in [1.54, 1.807) is 22.7 Å². The Balaban J connectivity index is 1.54. The maximum atomic E-state index is 14.3. The van der Waals surface area contributed by atoms with Crippen molar-refractivity contribution in [1.82, 2.24) is 4.90 Å². The van der Waals surface area contributed by atoms with Gasteiger partial charge in [0.2, 0.25) is 5.91 Å². The molecule has 2 aromatic carbocycles. The molecule has 0 aromatic heterocycles. The molecule has 1 spiro atoms. The molecular formula is C28H30N2O5S. The molecular weight excluding hydrogens is 476 g/mol. The lowest BCUT2D eigenvalue weighted by molar-refractivity contribution is -0.153. The van der Waals surface area contributed by atoms with Gasteiger partial charge in [0.25, 0.3) is 5.91 Å². The van der Waals surface area contributed by atoms with Gasteiger partial charge in [-0.3, -0.25) is 14.4 Å². The first-order valence-electron chi connectivity index (χ1n) is 12.2. The number of carbonyl (C=O) groups excluding carboxylic acids is 3. The number of carbonyl (C=O) groups is 3. The smallest absolute Gasteiger partial charge is 0.311 e. The molecule has 2 bridgehead atoms. The van der Waals surface area contributed by atoms with Crippen molar-refractivity contribution >= 4 is 46.0 Å². The lowest BCUT2D eigenvalue weighted by Crippen LogP contribution is -2.55. The summed E-state index contributed by atoms with van der Waals surface area (Å²) in [5.41, 5.74) is 0.717. The van der Waals surface area contributed by atoms with Crippen molar-refractivity contribution < 1.29 is 24.2 Å². The number of fused-ring (bicyclic) bond motifs is 2. The van der Waals surface area contributed by atoms with Gasteiger partial charge < -0.3 is 19.6 Å². The Kier molecular flexibility index (Phi) is 6.66. The Bertz CT molecular complexity index is 1230. The third-order valence-electron chi connectivity index (χ3n) is 7.61. The fraction of sp³-hybridized carbons (Fsp3) is 0.393. The Morgan fingerprint density at radius 3 is 2.69 bits per heavy atom. The topological polar surface area (TPSA) is 87.2 Å². The van der Waals surface area contributed by atoms with Crippen molar-refractivity contribution in [2.45, 2.75) is 28.9 Å². The molecule has 3 fully saturated rings. The zero-order valence-electron chi connectivity index (χ0n) is 20.0. The van der Waals surface area contributed by atoms with Gasteiger partial charge in [-0.2, -0.15) is 0 Å². The minimum absolute atomic E-state index is 0.0345. The summed E-state index contributed by atoms with van der Waals surface area (Å²) in [5, 5.41) is 11.8. The number of aliphatic hydroxyl groups excluding tert-OH is 1. The highest BCUT2D eigenvalue weighted by Crippen LogP contribution is 2.66. The number of ether oxygens (including phenoxy) is 1. The van der Waals surface area contributed by atoms with Gasteiger partial charge in [0, 0.05) is 24.0 Å². The number of hydrogen-bond donors (Lipinski definition) is 1. The molecule has 8 heteroatoms.